The highest BCUT2D eigenvalue weighted by Crippen LogP contribution is 2.21. The third kappa shape index (κ3) is 2.71. The summed E-state index contributed by atoms with van der Waals surface area (Å²) in [4.78, 5) is 3.97. The first-order chi connectivity index (χ1) is 8.61. The molecule has 0 amide bonds. The van der Waals surface area contributed by atoms with Crippen molar-refractivity contribution in [3.05, 3.63) is 46.5 Å². The second-order valence-corrected chi connectivity index (χ2v) is 4.71. The summed E-state index contributed by atoms with van der Waals surface area (Å²) >= 11 is 6.09. The topological polar surface area (TPSA) is 56.7 Å². The first-order valence-corrected chi connectivity index (χ1v) is 6.38. The lowest BCUT2D eigenvalue weighted by Crippen LogP contribution is -2.18. The molecule has 0 aromatic carbocycles. The van der Waals surface area contributed by atoms with E-state index in [1.165, 1.54) is 0 Å². The highest BCUT2D eigenvalue weighted by Gasteiger charge is 2.14. The number of rotatable bonds is 4. The molecule has 18 heavy (non-hydrogen) atoms. The van der Waals surface area contributed by atoms with Crippen LogP contribution in [0.2, 0.25) is 5.02 Å². The first kappa shape index (κ1) is 13.1. The second kappa shape index (κ2) is 5.50. The molecule has 0 radical (unpaired) electrons. The van der Waals surface area contributed by atoms with Crippen molar-refractivity contribution in [1.29, 1.82) is 0 Å². The number of halogens is 1. The number of nitrogens with two attached hydrogens (primary N) is 1. The maximum absolute atomic E-state index is 6.25. The molecular weight excluding hydrogens is 248 g/mol. The highest BCUT2D eigenvalue weighted by molar-refractivity contribution is 6.31. The number of hydrogen-bond acceptors (Lipinski definition) is 3. The minimum atomic E-state index is -0.106. The van der Waals surface area contributed by atoms with Gasteiger partial charge in [-0.2, -0.15) is 5.10 Å². The SMILES string of the molecule is CCn1nc(C)cc1C(N)Cc1ccncc1Cl. The van der Waals surface area contributed by atoms with Crippen LogP contribution >= 0.6 is 11.6 Å². The Bertz CT molecular complexity index is 536. The summed E-state index contributed by atoms with van der Waals surface area (Å²) in [6.45, 7) is 4.85. The average Bonchev–Trinajstić information content (AvgIpc) is 2.73. The summed E-state index contributed by atoms with van der Waals surface area (Å²) in [7, 11) is 0. The van der Waals surface area contributed by atoms with E-state index in [1.54, 1.807) is 12.4 Å². The molecule has 4 nitrogen and oxygen atoms in total. The van der Waals surface area contributed by atoms with Crippen molar-refractivity contribution in [3.8, 4) is 0 Å². The van der Waals surface area contributed by atoms with Gasteiger partial charge in [0.05, 0.1) is 22.5 Å². The van der Waals surface area contributed by atoms with E-state index in [-0.39, 0.29) is 6.04 Å². The van der Waals surface area contributed by atoms with Crippen LogP contribution in [0.15, 0.2) is 24.5 Å². The van der Waals surface area contributed by atoms with Crippen molar-refractivity contribution in [1.82, 2.24) is 14.8 Å². The number of hydrogen-bond donors (Lipinski definition) is 1. The fourth-order valence-electron chi connectivity index (χ4n) is 2.03. The number of aromatic nitrogens is 3. The molecule has 2 aromatic rings. The van der Waals surface area contributed by atoms with Crippen LogP contribution < -0.4 is 5.73 Å². The minimum absolute atomic E-state index is 0.106. The molecule has 96 valence electrons. The predicted molar refractivity (Wildman–Crippen MR) is 72.5 cm³/mol. The van der Waals surface area contributed by atoms with Crippen molar-refractivity contribution in [3.63, 3.8) is 0 Å². The maximum Gasteiger partial charge on any atom is 0.0622 e. The van der Waals surface area contributed by atoms with E-state index >= 15 is 0 Å². The Morgan fingerprint density at radius 1 is 1.50 bits per heavy atom. The first-order valence-electron chi connectivity index (χ1n) is 6.00. The van der Waals surface area contributed by atoms with Crippen molar-refractivity contribution >= 4 is 11.6 Å². The quantitative estimate of drug-likeness (QED) is 0.923. The van der Waals surface area contributed by atoms with Gasteiger partial charge in [0.2, 0.25) is 0 Å². The molecule has 2 rings (SSSR count). The van der Waals surface area contributed by atoms with Gasteiger partial charge < -0.3 is 5.73 Å². The van der Waals surface area contributed by atoms with Crippen LogP contribution in [0.5, 0.6) is 0 Å². The lowest BCUT2D eigenvalue weighted by Gasteiger charge is -2.14. The smallest absolute Gasteiger partial charge is 0.0622 e. The zero-order valence-electron chi connectivity index (χ0n) is 10.6. The Morgan fingerprint density at radius 3 is 2.94 bits per heavy atom. The van der Waals surface area contributed by atoms with Gasteiger partial charge in [-0.25, -0.2) is 0 Å². The molecule has 2 heterocycles. The number of nitrogens with zero attached hydrogens (tertiary/aromatic N) is 3. The molecule has 5 heteroatoms. The van der Waals surface area contributed by atoms with E-state index in [0.29, 0.717) is 11.4 Å². The Balaban J connectivity index is 2.21. The number of pyridine rings is 1. The molecule has 1 unspecified atom stereocenters. The van der Waals surface area contributed by atoms with Crippen molar-refractivity contribution < 1.29 is 0 Å². The molecule has 1 atom stereocenters. The molecule has 0 bridgehead atoms. The molecule has 0 aliphatic heterocycles. The summed E-state index contributed by atoms with van der Waals surface area (Å²) in [6.07, 6.45) is 4.06. The van der Waals surface area contributed by atoms with E-state index in [9.17, 15) is 0 Å². The summed E-state index contributed by atoms with van der Waals surface area (Å²) in [5.41, 5.74) is 9.29. The summed E-state index contributed by atoms with van der Waals surface area (Å²) in [6, 6.07) is 3.83. The van der Waals surface area contributed by atoms with Crippen molar-refractivity contribution in [2.45, 2.75) is 32.9 Å². The van der Waals surface area contributed by atoms with Gasteiger partial charge in [-0.3, -0.25) is 9.67 Å². The predicted octanol–water partition coefficient (Wildman–Crippen LogP) is 2.50. The summed E-state index contributed by atoms with van der Waals surface area (Å²) in [5.74, 6) is 0. The summed E-state index contributed by atoms with van der Waals surface area (Å²) < 4.78 is 1.94. The fourth-order valence-corrected chi connectivity index (χ4v) is 2.22. The van der Waals surface area contributed by atoms with Gasteiger partial charge in [0.15, 0.2) is 0 Å². The van der Waals surface area contributed by atoms with E-state index in [1.807, 2.05) is 23.7 Å². The van der Waals surface area contributed by atoms with Gasteiger partial charge in [-0.15, -0.1) is 0 Å². The third-order valence-corrected chi connectivity index (χ3v) is 3.25. The second-order valence-electron chi connectivity index (χ2n) is 4.30. The molecule has 0 fully saturated rings. The van der Waals surface area contributed by atoms with Crippen molar-refractivity contribution in [2.75, 3.05) is 0 Å². The standard InChI is InChI=1S/C13H17ClN4/c1-3-18-13(6-9(2)17-18)12(15)7-10-4-5-16-8-11(10)14/h4-6,8,12H,3,7,15H2,1-2H3. The van der Waals surface area contributed by atoms with Crippen LogP contribution in [0.1, 0.15) is 29.9 Å². The molecular formula is C13H17ClN4. The van der Waals surface area contributed by atoms with E-state index in [2.05, 4.69) is 17.0 Å². The fraction of sp³-hybridized carbons (Fsp3) is 0.385. The van der Waals surface area contributed by atoms with Gasteiger partial charge in [0, 0.05) is 18.9 Å². The van der Waals surface area contributed by atoms with Crippen LogP contribution in [0.3, 0.4) is 0 Å². The lowest BCUT2D eigenvalue weighted by molar-refractivity contribution is 0.566. The van der Waals surface area contributed by atoms with Gasteiger partial charge in [-0.05, 0) is 38.0 Å². The highest BCUT2D eigenvalue weighted by atomic mass is 35.5. The molecule has 0 saturated carbocycles. The van der Waals surface area contributed by atoms with Gasteiger partial charge in [-0.1, -0.05) is 11.6 Å². The van der Waals surface area contributed by atoms with E-state index in [4.69, 9.17) is 17.3 Å². The van der Waals surface area contributed by atoms with E-state index in [0.717, 1.165) is 23.5 Å². The minimum Gasteiger partial charge on any atom is -0.322 e. The van der Waals surface area contributed by atoms with Gasteiger partial charge in [0.1, 0.15) is 0 Å². The monoisotopic (exact) mass is 264 g/mol. The average molecular weight is 265 g/mol. The molecule has 0 spiro atoms. The van der Waals surface area contributed by atoms with E-state index < -0.39 is 0 Å². The van der Waals surface area contributed by atoms with Crippen molar-refractivity contribution in [2.24, 2.45) is 5.73 Å². The lowest BCUT2D eigenvalue weighted by atomic mass is 10.0. The maximum atomic E-state index is 6.25. The van der Waals surface area contributed by atoms with Gasteiger partial charge in [0.25, 0.3) is 0 Å². The molecule has 0 aliphatic carbocycles. The molecule has 0 aliphatic rings. The van der Waals surface area contributed by atoms with Crippen LogP contribution in [0, 0.1) is 6.92 Å². The zero-order valence-corrected chi connectivity index (χ0v) is 11.4. The molecule has 0 saturated heterocycles. The van der Waals surface area contributed by atoms with Crippen LogP contribution in [0.4, 0.5) is 0 Å². The van der Waals surface area contributed by atoms with Crippen LogP contribution in [-0.4, -0.2) is 14.8 Å². The third-order valence-electron chi connectivity index (χ3n) is 2.91. The molecule has 2 aromatic heterocycles. The van der Waals surface area contributed by atoms with Gasteiger partial charge >= 0.3 is 0 Å². The van der Waals surface area contributed by atoms with Crippen LogP contribution in [-0.2, 0) is 13.0 Å². The van der Waals surface area contributed by atoms with Crippen LogP contribution in [0.25, 0.3) is 0 Å². The molecule has 2 N–H and O–H groups in total. The Morgan fingerprint density at radius 2 is 2.28 bits per heavy atom. The Hall–Kier alpha value is -1.39. The normalized spacial score (nSPS) is 12.7. The Kier molecular flexibility index (Phi) is 3.99. The Labute approximate surface area is 112 Å². The summed E-state index contributed by atoms with van der Waals surface area (Å²) in [5, 5.41) is 5.07. The zero-order chi connectivity index (χ0) is 13.1. The largest absolute Gasteiger partial charge is 0.322 e. The number of aryl methyl sites for hydroxylation is 2.